The van der Waals surface area contributed by atoms with Crippen LogP contribution < -0.4 is 10.5 Å². The summed E-state index contributed by atoms with van der Waals surface area (Å²) in [6.45, 7) is 0.0628. The fourth-order valence-electron chi connectivity index (χ4n) is 1.41. The number of nitrogen functional groups attached to an aromatic ring is 1. The molecule has 0 aliphatic carbocycles. The van der Waals surface area contributed by atoms with Gasteiger partial charge in [0.05, 0.1) is 16.4 Å². The SMILES string of the molecule is Nc1cc(F)c(Br)cc1S(=O)(=O)NCc1cn[nH]c1. The van der Waals surface area contributed by atoms with Gasteiger partial charge >= 0.3 is 0 Å². The van der Waals surface area contributed by atoms with Crippen molar-refractivity contribution >= 4 is 31.6 Å². The van der Waals surface area contributed by atoms with E-state index in [-0.39, 0.29) is 21.6 Å². The van der Waals surface area contributed by atoms with Crippen LogP contribution in [-0.2, 0) is 16.6 Å². The summed E-state index contributed by atoms with van der Waals surface area (Å²) in [5.41, 5.74) is 6.04. The lowest BCUT2D eigenvalue weighted by atomic mass is 10.3. The normalized spacial score (nSPS) is 11.7. The van der Waals surface area contributed by atoms with Crippen LogP contribution in [-0.4, -0.2) is 18.6 Å². The summed E-state index contributed by atoms with van der Waals surface area (Å²) in [6.07, 6.45) is 3.05. The number of hydrogen-bond donors (Lipinski definition) is 3. The van der Waals surface area contributed by atoms with Gasteiger partial charge in [-0.1, -0.05) is 0 Å². The van der Waals surface area contributed by atoms with E-state index in [4.69, 9.17) is 5.73 Å². The number of H-pyrrole nitrogens is 1. The van der Waals surface area contributed by atoms with E-state index in [2.05, 4.69) is 30.8 Å². The summed E-state index contributed by atoms with van der Waals surface area (Å²) in [5, 5.41) is 6.26. The van der Waals surface area contributed by atoms with Crippen LogP contribution in [0.25, 0.3) is 0 Å². The monoisotopic (exact) mass is 348 g/mol. The van der Waals surface area contributed by atoms with Crippen molar-refractivity contribution in [3.63, 3.8) is 0 Å². The Balaban J connectivity index is 2.27. The fourth-order valence-corrected chi connectivity index (χ4v) is 3.06. The summed E-state index contributed by atoms with van der Waals surface area (Å²) in [4.78, 5) is -0.177. The maximum atomic E-state index is 13.2. The van der Waals surface area contributed by atoms with Gasteiger partial charge in [0, 0.05) is 18.3 Å². The minimum atomic E-state index is -3.82. The van der Waals surface area contributed by atoms with E-state index in [1.165, 1.54) is 6.20 Å². The number of rotatable bonds is 4. The minimum Gasteiger partial charge on any atom is -0.398 e. The number of aromatic amines is 1. The summed E-state index contributed by atoms with van der Waals surface area (Å²) < 4.78 is 39.7. The van der Waals surface area contributed by atoms with Crippen molar-refractivity contribution in [2.75, 3.05) is 5.73 Å². The molecule has 19 heavy (non-hydrogen) atoms. The molecule has 1 heterocycles. The topological polar surface area (TPSA) is 101 Å². The molecule has 0 spiro atoms. The molecule has 0 amide bonds. The van der Waals surface area contributed by atoms with Gasteiger partial charge in [0.15, 0.2) is 0 Å². The second kappa shape index (κ2) is 5.27. The van der Waals surface area contributed by atoms with Crippen molar-refractivity contribution in [3.8, 4) is 0 Å². The average Bonchev–Trinajstić information content (AvgIpc) is 2.84. The van der Waals surface area contributed by atoms with Gasteiger partial charge in [-0.05, 0) is 28.1 Å². The van der Waals surface area contributed by atoms with Crippen molar-refractivity contribution < 1.29 is 12.8 Å². The summed E-state index contributed by atoms with van der Waals surface area (Å²) in [5.74, 6) is -0.619. The predicted octanol–water partition coefficient (Wildman–Crippen LogP) is 1.37. The van der Waals surface area contributed by atoms with E-state index >= 15 is 0 Å². The maximum Gasteiger partial charge on any atom is 0.242 e. The number of hydrogen-bond acceptors (Lipinski definition) is 4. The molecule has 0 aliphatic rings. The van der Waals surface area contributed by atoms with Crippen LogP contribution >= 0.6 is 15.9 Å². The Kier molecular flexibility index (Phi) is 3.88. The second-order valence-corrected chi connectivity index (χ2v) is 6.32. The molecule has 2 rings (SSSR count). The van der Waals surface area contributed by atoms with Gasteiger partial charge in [0.25, 0.3) is 0 Å². The molecular weight excluding hydrogens is 339 g/mol. The first-order chi connectivity index (χ1) is 8.90. The number of halogens is 2. The van der Waals surface area contributed by atoms with Crippen LogP contribution in [0, 0.1) is 5.82 Å². The molecule has 4 N–H and O–H groups in total. The zero-order valence-electron chi connectivity index (χ0n) is 9.52. The number of sulfonamides is 1. The molecule has 0 unspecified atom stereocenters. The number of nitrogens with one attached hydrogen (secondary N) is 2. The van der Waals surface area contributed by atoms with Gasteiger partial charge in [-0.3, -0.25) is 5.10 Å². The number of benzene rings is 1. The number of nitrogens with two attached hydrogens (primary N) is 1. The van der Waals surface area contributed by atoms with E-state index in [1.807, 2.05) is 0 Å². The number of nitrogens with zero attached hydrogens (tertiary/aromatic N) is 1. The lowest BCUT2D eigenvalue weighted by Crippen LogP contribution is -2.24. The molecular formula is C10H10BrFN4O2S. The van der Waals surface area contributed by atoms with Crippen molar-refractivity contribution in [3.05, 3.63) is 40.4 Å². The van der Waals surface area contributed by atoms with Gasteiger partial charge < -0.3 is 5.73 Å². The zero-order chi connectivity index (χ0) is 14.0. The second-order valence-electron chi connectivity index (χ2n) is 3.74. The van der Waals surface area contributed by atoms with E-state index in [1.54, 1.807) is 6.20 Å². The maximum absolute atomic E-state index is 13.2. The molecule has 102 valence electrons. The molecule has 0 radical (unpaired) electrons. The van der Waals surface area contributed by atoms with E-state index in [9.17, 15) is 12.8 Å². The van der Waals surface area contributed by atoms with Gasteiger partial charge in [0.1, 0.15) is 10.7 Å². The van der Waals surface area contributed by atoms with Crippen molar-refractivity contribution in [2.24, 2.45) is 0 Å². The number of anilines is 1. The Morgan fingerprint density at radius 2 is 2.21 bits per heavy atom. The Hall–Kier alpha value is -1.45. The van der Waals surface area contributed by atoms with Crippen molar-refractivity contribution in [1.29, 1.82) is 0 Å². The van der Waals surface area contributed by atoms with Crippen LogP contribution in [0.15, 0.2) is 33.9 Å². The Bertz CT molecular complexity index is 688. The standard InChI is InChI=1S/C10H10BrFN4O2S/c11-7-1-10(9(13)2-8(7)12)19(17,18)16-5-6-3-14-15-4-6/h1-4,16H,5,13H2,(H,14,15). The van der Waals surface area contributed by atoms with Crippen molar-refractivity contribution in [1.82, 2.24) is 14.9 Å². The molecule has 0 atom stereocenters. The third-order valence-corrected chi connectivity index (χ3v) is 4.43. The lowest BCUT2D eigenvalue weighted by molar-refractivity contribution is 0.580. The first kappa shape index (κ1) is 14.0. The van der Waals surface area contributed by atoms with E-state index in [0.717, 1.165) is 12.1 Å². The van der Waals surface area contributed by atoms with Gasteiger partial charge in [-0.2, -0.15) is 5.10 Å². The van der Waals surface area contributed by atoms with Gasteiger partial charge in [0.2, 0.25) is 10.0 Å². The molecule has 1 aromatic heterocycles. The third kappa shape index (κ3) is 3.11. The van der Waals surface area contributed by atoms with Crippen molar-refractivity contribution in [2.45, 2.75) is 11.4 Å². The molecule has 0 fully saturated rings. The zero-order valence-corrected chi connectivity index (χ0v) is 11.9. The lowest BCUT2D eigenvalue weighted by Gasteiger charge is -2.09. The Morgan fingerprint density at radius 1 is 1.47 bits per heavy atom. The third-order valence-electron chi connectivity index (χ3n) is 2.36. The van der Waals surface area contributed by atoms with Crippen LogP contribution in [0.4, 0.5) is 10.1 Å². The Labute approximate surface area is 117 Å². The van der Waals surface area contributed by atoms with E-state index in [0.29, 0.717) is 5.56 Å². The highest BCUT2D eigenvalue weighted by Gasteiger charge is 2.19. The smallest absolute Gasteiger partial charge is 0.242 e. The van der Waals surface area contributed by atoms with Gasteiger partial charge in [-0.15, -0.1) is 0 Å². The molecule has 9 heteroatoms. The number of aromatic nitrogens is 2. The molecule has 0 bridgehead atoms. The summed E-state index contributed by atoms with van der Waals surface area (Å²) in [7, 11) is -3.82. The minimum absolute atomic E-state index is 0.0328. The van der Waals surface area contributed by atoms with Gasteiger partial charge in [-0.25, -0.2) is 17.5 Å². The fraction of sp³-hybridized carbons (Fsp3) is 0.100. The quantitative estimate of drug-likeness (QED) is 0.726. The molecule has 0 aliphatic heterocycles. The summed E-state index contributed by atoms with van der Waals surface area (Å²) in [6, 6.07) is 2.08. The molecule has 2 aromatic rings. The molecule has 0 saturated carbocycles. The predicted molar refractivity (Wildman–Crippen MR) is 71.1 cm³/mol. The molecule has 1 aromatic carbocycles. The van der Waals surface area contributed by atoms with Crippen LogP contribution in [0.5, 0.6) is 0 Å². The Morgan fingerprint density at radius 3 is 2.84 bits per heavy atom. The van der Waals surface area contributed by atoms with Crippen LogP contribution in [0.3, 0.4) is 0 Å². The van der Waals surface area contributed by atoms with Crippen LogP contribution in [0.1, 0.15) is 5.56 Å². The summed E-state index contributed by atoms with van der Waals surface area (Å²) >= 11 is 2.92. The first-order valence-corrected chi connectivity index (χ1v) is 7.39. The first-order valence-electron chi connectivity index (χ1n) is 5.12. The van der Waals surface area contributed by atoms with E-state index < -0.39 is 15.8 Å². The highest BCUT2D eigenvalue weighted by atomic mass is 79.9. The average molecular weight is 349 g/mol. The molecule has 6 nitrogen and oxygen atoms in total. The highest BCUT2D eigenvalue weighted by molar-refractivity contribution is 9.10. The largest absolute Gasteiger partial charge is 0.398 e. The molecule has 0 saturated heterocycles. The highest BCUT2D eigenvalue weighted by Crippen LogP contribution is 2.26. The van der Waals surface area contributed by atoms with Crippen LogP contribution in [0.2, 0.25) is 0 Å².